The lowest BCUT2D eigenvalue weighted by atomic mass is 10.2. The molecule has 0 amide bonds. The van der Waals surface area contributed by atoms with Crippen LogP contribution in [0.15, 0.2) is 53.4 Å². The van der Waals surface area contributed by atoms with Crippen LogP contribution in [0.3, 0.4) is 0 Å². The van der Waals surface area contributed by atoms with Crippen molar-refractivity contribution >= 4 is 34.2 Å². The third-order valence-electron chi connectivity index (χ3n) is 3.24. The maximum Gasteiger partial charge on any atom is 0.231 e. The first-order valence-corrected chi connectivity index (χ1v) is 7.53. The van der Waals surface area contributed by atoms with E-state index in [4.69, 9.17) is 20.8 Å². The average Bonchev–Trinajstić information content (AvgIpc) is 2.99. The Morgan fingerprint density at radius 2 is 2.22 bits per heavy atom. The lowest BCUT2D eigenvalue weighted by molar-refractivity contribution is 0.322. The summed E-state index contributed by atoms with van der Waals surface area (Å²) >= 11 is 6.18. The minimum atomic E-state index is 0.536. The summed E-state index contributed by atoms with van der Waals surface area (Å²) in [4.78, 5) is 8.30. The van der Waals surface area contributed by atoms with Gasteiger partial charge in [0, 0.05) is 18.2 Å². The lowest BCUT2D eigenvalue weighted by Crippen LogP contribution is -2.00. The number of fused-ring (bicyclic) bond motifs is 1. The highest BCUT2D eigenvalue weighted by Gasteiger charge is 2.08. The minimum Gasteiger partial charge on any atom is -0.492 e. The summed E-state index contributed by atoms with van der Waals surface area (Å²) < 4.78 is 11.0. The molecule has 2 heterocycles. The molecular formula is C17H16ClN3O2. The van der Waals surface area contributed by atoms with Crippen LogP contribution in [-0.4, -0.2) is 16.6 Å². The van der Waals surface area contributed by atoms with Crippen LogP contribution in [0.2, 0.25) is 5.02 Å². The molecule has 1 N–H and O–H groups in total. The van der Waals surface area contributed by atoms with E-state index in [2.05, 4.69) is 21.9 Å². The molecule has 0 saturated heterocycles. The maximum absolute atomic E-state index is 6.18. The van der Waals surface area contributed by atoms with Crippen LogP contribution in [0.1, 0.15) is 13.3 Å². The molecule has 0 unspecified atom stereocenters. The minimum absolute atomic E-state index is 0.536. The fourth-order valence-corrected chi connectivity index (χ4v) is 2.23. The van der Waals surface area contributed by atoms with E-state index in [0.717, 1.165) is 23.1 Å². The summed E-state index contributed by atoms with van der Waals surface area (Å²) in [5.41, 5.74) is 2.43. The summed E-state index contributed by atoms with van der Waals surface area (Å²) in [5.74, 6) is 1.29. The number of halogens is 1. The van der Waals surface area contributed by atoms with E-state index in [0.29, 0.717) is 28.9 Å². The fraction of sp³-hybridized carbons (Fsp3) is 0.176. The first-order valence-electron chi connectivity index (χ1n) is 7.15. The molecule has 0 saturated carbocycles. The van der Waals surface area contributed by atoms with Gasteiger partial charge in [0.1, 0.15) is 17.9 Å². The number of nitrogens with zero attached hydrogens (tertiary/aromatic N) is 2. The van der Waals surface area contributed by atoms with Gasteiger partial charge >= 0.3 is 0 Å². The molecule has 3 aromatic rings. The topological polar surface area (TPSA) is 60.2 Å². The fourth-order valence-electron chi connectivity index (χ4n) is 2.05. The Kier molecular flexibility index (Phi) is 4.48. The predicted molar refractivity (Wildman–Crippen MR) is 91.5 cm³/mol. The number of aromatic nitrogens is 2. The molecule has 0 atom stereocenters. The van der Waals surface area contributed by atoms with Crippen LogP contribution >= 0.6 is 11.6 Å². The number of rotatable bonds is 6. The van der Waals surface area contributed by atoms with Gasteiger partial charge in [0.05, 0.1) is 23.3 Å². The Labute approximate surface area is 139 Å². The van der Waals surface area contributed by atoms with E-state index in [9.17, 15) is 0 Å². The number of hydrogen-bond donors (Lipinski definition) is 1. The summed E-state index contributed by atoms with van der Waals surface area (Å²) in [6.45, 7) is 6.36. The van der Waals surface area contributed by atoms with Gasteiger partial charge in [-0.25, -0.2) is 9.97 Å². The van der Waals surface area contributed by atoms with Gasteiger partial charge < -0.3 is 14.5 Å². The van der Waals surface area contributed by atoms with Gasteiger partial charge in [0.2, 0.25) is 5.71 Å². The Hall–Kier alpha value is -2.53. The van der Waals surface area contributed by atoms with Crippen LogP contribution in [0.25, 0.3) is 11.1 Å². The molecule has 2 aromatic heterocycles. The van der Waals surface area contributed by atoms with Crippen molar-refractivity contribution in [3.8, 4) is 5.75 Å². The zero-order valence-corrected chi connectivity index (χ0v) is 13.4. The molecule has 3 rings (SSSR count). The van der Waals surface area contributed by atoms with E-state index in [1.54, 1.807) is 12.3 Å². The second-order valence-corrected chi connectivity index (χ2v) is 5.59. The Bertz CT molecular complexity index is 845. The second-order valence-electron chi connectivity index (χ2n) is 5.19. The normalized spacial score (nSPS) is 10.7. The molecule has 6 heteroatoms. The number of benzene rings is 1. The molecule has 5 nitrogen and oxygen atoms in total. The lowest BCUT2D eigenvalue weighted by Gasteiger charge is -2.11. The van der Waals surface area contributed by atoms with Gasteiger partial charge in [-0.15, -0.1) is 6.58 Å². The third-order valence-corrected chi connectivity index (χ3v) is 3.55. The molecule has 0 bridgehead atoms. The van der Waals surface area contributed by atoms with E-state index in [1.807, 2.05) is 25.1 Å². The van der Waals surface area contributed by atoms with Crippen molar-refractivity contribution in [2.75, 3.05) is 11.9 Å². The van der Waals surface area contributed by atoms with Gasteiger partial charge in [0.25, 0.3) is 0 Å². The van der Waals surface area contributed by atoms with Crippen molar-refractivity contribution in [1.82, 2.24) is 9.97 Å². The molecule has 0 radical (unpaired) electrons. The quantitative estimate of drug-likeness (QED) is 0.647. The van der Waals surface area contributed by atoms with Crippen LogP contribution in [0.5, 0.6) is 5.75 Å². The van der Waals surface area contributed by atoms with Gasteiger partial charge in [0.15, 0.2) is 0 Å². The predicted octanol–water partition coefficient (Wildman–Crippen LogP) is 4.96. The van der Waals surface area contributed by atoms with Crippen molar-refractivity contribution in [2.24, 2.45) is 0 Å². The molecule has 0 spiro atoms. The van der Waals surface area contributed by atoms with Crippen molar-refractivity contribution in [3.05, 3.63) is 54.0 Å². The van der Waals surface area contributed by atoms with Crippen molar-refractivity contribution < 1.29 is 9.15 Å². The van der Waals surface area contributed by atoms with E-state index in [1.165, 1.54) is 6.33 Å². The second kappa shape index (κ2) is 6.71. The summed E-state index contributed by atoms with van der Waals surface area (Å²) in [5, 5.41) is 4.61. The highest BCUT2D eigenvalue weighted by molar-refractivity contribution is 6.32. The zero-order valence-electron chi connectivity index (χ0n) is 12.7. The molecule has 0 aliphatic carbocycles. The number of ether oxygens (including phenoxy) is 1. The standard InChI is InChI=1S/C17H16ClN3O2/c1-11(2)5-7-22-15-9-12(3-4-14(15)18)21-16-13-6-8-23-17(13)20-10-19-16/h3-4,6,8-10H,1,5,7H2,2H3,(H,19,20,21). The first kappa shape index (κ1) is 15.4. The van der Waals surface area contributed by atoms with Crippen LogP contribution < -0.4 is 10.1 Å². The monoisotopic (exact) mass is 329 g/mol. The van der Waals surface area contributed by atoms with Crippen LogP contribution in [-0.2, 0) is 0 Å². The molecule has 118 valence electrons. The number of hydrogen-bond acceptors (Lipinski definition) is 5. The van der Waals surface area contributed by atoms with Gasteiger partial charge in [-0.2, -0.15) is 0 Å². The van der Waals surface area contributed by atoms with Crippen LogP contribution in [0, 0.1) is 0 Å². The summed E-state index contributed by atoms with van der Waals surface area (Å²) in [7, 11) is 0. The number of nitrogens with one attached hydrogen (secondary N) is 1. The summed E-state index contributed by atoms with van der Waals surface area (Å²) in [6, 6.07) is 7.31. The highest BCUT2D eigenvalue weighted by atomic mass is 35.5. The zero-order chi connectivity index (χ0) is 16.2. The highest BCUT2D eigenvalue weighted by Crippen LogP contribution is 2.30. The van der Waals surface area contributed by atoms with Crippen molar-refractivity contribution in [1.29, 1.82) is 0 Å². The van der Waals surface area contributed by atoms with Crippen molar-refractivity contribution in [2.45, 2.75) is 13.3 Å². The Morgan fingerprint density at radius 3 is 3.04 bits per heavy atom. The largest absolute Gasteiger partial charge is 0.492 e. The number of anilines is 2. The molecular weight excluding hydrogens is 314 g/mol. The van der Waals surface area contributed by atoms with E-state index < -0.39 is 0 Å². The van der Waals surface area contributed by atoms with E-state index >= 15 is 0 Å². The van der Waals surface area contributed by atoms with Crippen LogP contribution in [0.4, 0.5) is 11.5 Å². The third kappa shape index (κ3) is 3.63. The van der Waals surface area contributed by atoms with Crippen molar-refractivity contribution in [3.63, 3.8) is 0 Å². The van der Waals surface area contributed by atoms with Gasteiger partial charge in [-0.3, -0.25) is 0 Å². The maximum atomic E-state index is 6.18. The van der Waals surface area contributed by atoms with Gasteiger partial charge in [-0.05, 0) is 25.1 Å². The molecule has 1 aromatic carbocycles. The first-order chi connectivity index (χ1) is 11.1. The van der Waals surface area contributed by atoms with Gasteiger partial charge in [-0.1, -0.05) is 17.2 Å². The molecule has 0 aliphatic rings. The SMILES string of the molecule is C=C(C)CCOc1cc(Nc2ncnc3occc23)ccc1Cl. The molecule has 0 fully saturated rings. The van der Waals surface area contributed by atoms with E-state index in [-0.39, 0.29) is 0 Å². The molecule has 23 heavy (non-hydrogen) atoms. The number of furan rings is 1. The Morgan fingerprint density at radius 1 is 1.35 bits per heavy atom. The Balaban J connectivity index is 1.80. The molecule has 0 aliphatic heterocycles. The average molecular weight is 330 g/mol. The summed E-state index contributed by atoms with van der Waals surface area (Å²) in [6.07, 6.45) is 3.82. The smallest absolute Gasteiger partial charge is 0.231 e.